The number of rotatable bonds is 12. The average molecular weight is 542 g/mol. The number of Topliss-reactive ketones (excluding diaryl/α,β-unsaturated/α-hetero) is 1. The zero-order valence-electron chi connectivity index (χ0n) is 24.5. The number of hydrogen-bond donors (Lipinski definition) is 2. The molecule has 216 valence electrons. The summed E-state index contributed by atoms with van der Waals surface area (Å²) in [7, 11) is 1.24. The minimum Gasteiger partial charge on any atom is -0.344 e. The van der Waals surface area contributed by atoms with Crippen LogP contribution < -0.4 is 5.32 Å². The number of piperidine rings is 1. The van der Waals surface area contributed by atoms with Crippen molar-refractivity contribution in [1.82, 2.24) is 15.3 Å². The Hall–Kier alpha value is -3.00. The number of hydrogen-bond acceptors (Lipinski definition) is 5. The van der Waals surface area contributed by atoms with Crippen LogP contribution in [0.25, 0.3) is 0 Å². The summed E-state index contributed by atoms with van der Waals surface area (Å²) < 4.78 is 0. The van der Waals surface area contributed by atoms with E-state index in [1.54, 1.807) is 0 Å². The molecule has 1 aliphatic heterocycles. The molecule has 3 amide bonds. The van der Waals surface area contributed by atoms with E-state index in [1.807, 2.05) is 82.0 Å². The molecule has 0 aromatic heterocycles. The summed E-state index contributed by atoms with van der Waals surface area (Å²) in [5, 5.41) is 13.0. The van der Waals surface area contributed by atoms with Gasteiger partial charge in [-0.15, -0.1) is 0 Å². The van der Waals surface area contributed by atoms with E-state index in [2.05, 4.69) is 5.32 Å². The third kappa shape index (κ3) is 10.2. The highest BCUT2D eigenvalue weighted by molar-refractivity contribution is 5.91. The van der Waals surface area contributed by atoms with Crippen LogP contribution in [0.1, 0.15) is 72.3 Å². The van der Waals surface area contributed by atoms with E-state index >= 15 is 0 Å². The number of carbonyl (C=O) groups is 4. The average Bonchev–Trinajstić information content (AvgIpc) is 2.88. The van der Waals surface area contributed by atoms with Gasteiger partial charge < -0.3 is 10.2 Å². The number of nitrogens with one attached hydrogen (secondary N) is 1. The van der Waals surface area contributed by atoms with E-state index in [1.165, 1.54) is 7.05 Å². The van der Waals surface area contributed by atoms with Crippen LogP contribution in [0.4, 0.5) is 0 Å². The molecule has 0 spiro atoms. The minimum absolute atomic E-state index is 0.127. The zero-order valence-corrected chi connectivity index (χ0v) is 24.5. The van der Waals surface area contributed by atoms with E-state index in [0.717, 1.165) is 24.8 Å². The lowest BCUT2D eigenvalue weighted by Gasteiger charge is -2.39. The molecule has 0 radical (unpaired) electrons. The van der Waals surface area contributed by atoms with Crippen LogP contribution in [0.3, 0.4) is 0 Å². The molecular formula is C31H47N3O5. The molecule has 1 fully saturated rings. The van der Waals surface area contributed by atoms with Crippen LogP contribution in [0.5, 0.6) is 0 Å². The normalized spacial score (nSPS) is 16.9. The second-order valence-corrected chi connectivity index (χ2v) is 11.9. The molecule has 8 heteroatoms. The van der Waals surface area contributed by atoms with Crippen LogP contribution >= 0.6 is 0 Å². The van der Waals surface area contributed by atoms with E-state index in [0.29, 0.717) is 36.9 Å². The first-order valence-electron chi connectivity index (χ1n) is 14.1. The van der Waals surface area contributed by atoms with Crippen molar-refractivity contribution in [3.63, 3.8) is 0 Å². The largest absolute Gasteiger partial charge is 0.344 e. The highest BCUT2D eigenvalue weighted by Crippen LogP contribution is 2.28. The predicted molar refractivity (Wildman–Crippen MR) is 152 cm³/mol. The SMILES string of the molecule is C/C=C/[C@H](C)[C@H](CC(=O)N(C)O)C(=O)N[C@H](C(=O)N1CCC(CCC(=O)Cc2ccccc2)CC1)C(C)(C)C. The molecule has 1 aromatic carbocycles. The van der Waals surface area contributed by atoms with Gasteiger partial charge in [0.05, 0.1) is 5.92 Å². The predicted octanol–water partition coefficient (Wildman–Crippen LogP) is 4.41. The van der Waals surface area contributed by atoms with Gasteiger partial charge in [-0.25, -0.2) is 5.06 Å². The third-order valence-electron chi connectivity index (χ3n) is 7.62. The van der Waals surface area contributed by atoms with Gasteiger partial charge in [0.15, 0.2) is 0 Å². The van der Waals surface area contributed by atoms with Crippen molar-refractivity contribution in [3.05, 3.63) is 48.0 Å². The number of ketones is 1. The molecule has 1 aromatic rings. The van der Waals surface area contributed by atoms with Crippen LogP contribution in [0.2, 0.25) is 0 Å². The van der Waals surface area contributed by atoms with E-state index in [4.69, 9.17) is 0 Å². The van der Waals surface area contributed by atoms with E-state index in [9.17, 15) is 24.4 Å². The minimum atomic E-state index is -0.753. The van der Waals surface area contributed by atoms with Gasteiger partial charge in [-0.3, -0.25) is 24.4 Å². The molecule has 0 saturated carbocycles. The molecule has 39 heavy (non-hydrogen) atoms. The molecule has 1 aliphatic rings. The number of hydroxylamine groups is 2. The standard InChI is InChI=1S/C31H47N3O5/c1-7-11-22(2)26(21-27(36)33(6)39)29(37)32-28(31(3,4)5)30(38)34-18-16-23(17-19-34)14-15-25(35)20-24-12-9-8-10-13-24/h7-13,22-23,26,28,39H,14-21H2,1-6H3,(H,32,37)/b11-7+/t22-,26-,28+/m0/s1. The second-order valence-electron chi connectivity index (χ2n) is 11.9. The fourth-order valence-electron chi connectivity index (χ4n) is 5.07. The van der Waals surface area contributed by atoms with Gasteiger partial charge in [0, 0.05) is 39.4 Å². The number of nitrogens with zero attached hydrogens (tertiary/aromatic N) is 2. The molecule has 0 bridgehead atoms. The van der Waals surface area contributed by atoms with Gasteiger partial charge in [0.2, 0.25) is 17.7 Å². The highest BCUT2D eigenvalue weighted by atomic mass is 16.5. The topological polar surface area (TPSA) is 107 Å². The van der Waals surface area contributed by atoms with Crippen molar-refractivity contribution in [2.24, 2.45) is 23.2 Å². The summed E-state index contributed by atoms with van der Waals surface area (Å²) in [4.78, 5) is 53.5. The number of likely N-dealkylation sites (tertiary alicyclic amines) is 1. The van der Waals surface area contributed by atoms with Crippen LogP contribution in [0.15, 0.2) is 42.5 Å². The molecule has 2 N–H and O–H groups in total. The second kappa shape index (κ2) is 15.0. The maximum atomic E-state index is 13.6. The van der Waals surface area contributed by atoms with Crippen molar-refractivity contribution in [2.75, 3.05) is 20.1 Å². The summed E-state index contributed by atoms with van der Waals surface area (Å²) in [6.45, 7) is 10.6. The summed E-state index contributed by atoms with van der Waals surface area (Å²) >= 11 is 0. The van der Waals surface area contributed by atoms with Gasteiger partial charge in [0.25, 0.3) is 0 Å². The fourth-order valence-corrected chi connectivity index (χ4v) is 5.07. The van der Waals surface area contributed by atoms with Gasteiger partial charge >= 0.3 is 0 Å². The molecule has 8 nitrogen and oxygen atoms in total. The number of carbonyl (C=O) groups excluding carboxylic acids is 4. The van der Waals surface area contributed by atoms with E-state index in [-0.39, 0.29) is 29.9 Å². The highest BCUT2D eigenvalue weighted by Gasteiger charge is 2.39. The monoisotopic (exact) mass is 541 g/mol. The molecular weight excluding hydrogens is 494 g/mol. The van der Waals surface area contributed by atoms with Gasteiger partial charge in [-0.2, -0.15) is 0 Å². The van der Waals surface area contributed by atoms with Crippen LogP contribution in [0, 0.1) is 23.2 Å². The van der Waals surface area contributed by atoms with Crippen molar-refractivity contribution in [1.29, 1.82) is 0 Å². The number of allylic oxidation sites excluding steroid dienone is 2. The van der Waals surface area contributed by atoms with Gasteiger partial charge in [0.1, 0.15) is 11.8 Å². The lowest BCUT2D eigenvalue weighted by molar-refractivity contribution is -0.161. The molecule has 2 rings (SSSR count). The maximum Gasteiger partial charge on any atom is 0.246 e. The Labute approximate surface area is 233 Å². The first kappa shape index (κ1) is 32.2. The Bertz CT molecular complexity index is 991. The molecule has 1 saturated heterocycles. The molecule has 0 aliphatic carbocycles. The number of amides is 3. The Balaban J connectivity index is 1.98. The first-order chi connectivity index (χ1) is 18.3. The smallest absolute Gasteiger partial charge is 0.246 e. The summed E-state index contributed by atoms with van der Waals surface area (Å²) in [6.07, 6.45) is 6.98. The van der Waals surface area contributed by atoms with Gasteiger partial charge in [-0.1, -0.05) is 70.2 Å². The first-order valence-corrected chi connectivity index (χ1v) is 14.1. The van der Waals surface area contributed by atoms with Crippen LogP contribution in [-0.4, -0.2) is 64.9 Å². The molecule has 0 unspecified atom stereocenters. The quantitative estimate of drug-likeness (QED) is 0.232. The Morgan fingerprint density at radius 2 is 1.74 bits per heavy atom. The lowest BCUT2D eigenvalue weighted by Crippen LogP contribution is -2.57. The molecule has 3 atom stereocenters. The van der Waals surface area contributed by atoms with Crippen LogP contribution in [-0.2, 0) is 25.6 Å². The summed E-state index contributed by atoms with van der Waals surface area (Å²) in [6, 6.07) is 9.02. The summed E-state index contributed by atoms with van der Waals surface area (Å²) in [5.41, 5.74) is 0.493. The lowest BCUT2D eigenvalue weighted by atomic mass is 9.83. The van der Waals surface area contributed by atoms with Crippen molar-refractivity contribution < 1.29 is 24.4 Å². The maximum absolute atomic E-state index is 13.6. The number of benzene rings is 1. The fraction of sp³-hybridized carbons (Fsp3) is 0.613. The van der Waals surface area contributed by atoms with Crippen molar-refractivity contribution in [2.45, 2.75) is 79.2 Å². The Morgan fingerprint density at radius 1 is 1.13 bits per heavy atom. The van der Waals surface area contributed by atoms with Crippen molar-refractivity contribution in [3.8, 4) is 0 Å². The molecule has 1 heterocycles. The van der Waals surface area contributed by atoms with Gasteiger partial charge in [-0.05, 0) is 49.0 Å². The van der Waals surface area contributed by atoms with E-state index < -0.39 is 23.3 Å². The Kier molecular flexibility index (Phi) is 12.4. The Morgan fingerprint density at radius 3 is 2.28 bits per heavy atom. The summed E-state index contributed by atoms with van der Waals surface area (Å²) in [5.74, 6) is -1.41. The third-order valence-corrected chi connectivity index (χ3v) is 7.62. The zero-order chi connectivity index (χ0) is 29.2. The van der Waals surface area contributed by atoms with Crippen molar-refractivity contribution >= 4 is 23.5 Å².